The van der Waals surface area contributed by atoms with Crippen molar-refractivity contribution >= 4 is 5.95 Å². The standard InChI is InChI=1S/C12H16F3N3O2/c1-7-3-10(12(13,14)15)17-11(16-7)18-5-9(20-2)4-8(18)6-19/h3,8-9,19H,4-6H2,1-2H3/t8-,9+/m0/s1. The summed E-state index contributed by atoms with van der Waals surface area (Å²) < 4.78 is 43.5. The molecule has 112 valence electrons. The van der Waals surface area contributed by atoms with E-state index in [-0.39, 0.29) is 30.4 Å². The molecule has 2 rings (SSSR count). The monoisotopic (exact) mass is 291 g/mol. The van der Waals surface area contributed by atoms with Crippen molar-refractivity contribution in [3.8, 4) is 0 Å². The van der Waals surface area contributed by atoms with Gasteiger partial charge in [0.1, 0.15) is 5.69 Å². The molecule has 1 aliphatic heterocycles. The van der Waals surface area contributed by atoms with Gasteiger partial charge in [-0.1, -0.05) is 0 Å². The molecule has 0 aromatic carbocycles. The number of aromatic nitrogens is 2. The summed E-state index contributed by atoms with van der Waals surface area (Å²) in [5.74, 6) is -0.0177. The number of aliphatic hydroxyl groups excluding tert-OH is 1. The first-order valence-corrected chi connectivity index (χ1v) is 6.18. The molecule has 0 spiro atoms. The molecule has 0 saturated carbocycles. The number of aryl methyl sites for hydroxylation is 1. The molecular weight excluding hydrogens is 275 g/mol. The van der Waals surface area contributed by atoms with Gasteiger partial charge in [0.25, 0.3) is 0 Å². The second-order valence-corrected chi connectivity index (χ2v) is 4.77. The Morgan fingerprint density at radius 1 is 1.45 bits per heavy atom. The van der Waals surface area contributed by atoms with Gasteiger partial charge < -0.3 is 14.7 Å². The number of anilines is 1. The van der Waals surface area contributed by atoms with E-state index in [1.807, 2.05) is 0 Å². The molecule has 0 bridgehead atoms. The van der Waals surface area contributed by atoms with Crippen molar-refractivity contribution in [1.29, 1.82) is 0 Å². The summed E-state index contributed by atoms with van der Waals surface area (Å²) in [6.45, 7) is 1.67. The average molecular weight is 291 g/mol. The zero-order chi connectivity index (χ0) is 14.9. The van der Waals surface area contributed by atoms with Crippen LogP contribution in [-0.4, -0.2) is 47.5 Å². The zero-order valence-corrected chi connectivity index (χ0v) is 11.2. The highest BCUT2D eigenvalue weighted by Gasteiger charge is 2.37. The maximum atomic E-state index is 12.8. The minimum Gasteiger partial charge on any atom is -0.394 e. The minimum atomic E-state index is -4.52. The highest BCUT2D eigenvalue weighted by molar-refractivity contribution is 5.37. The Bertz CT molecular complexity index is 482. The van der Waals surface area contributed by atoms with Crippen LogP contribution in [0.5, 0.6) is 0 Å². The molecule has 8 heteroatoms. The highest BCUT2D eigenvalue weighted by Crippen LogP contribution is 2.31. The van der Waals surface area contributed by atoms with Gasteiger partial charge in [0.05, 0.1) is 18.8 Å². The lowest BCUT2D eigenvalue weighted by atomic mass is 10.2. The third-order valence-corrected chi connectivity index (χ3v) is 3.31. The van der Waals surface area contributed by atoms with Gasteiger partial charge in [0, 0.05) is 19.3 Å². The third-order valence-electron chi connectivity index (χ3n) is 3.31. The van der Waals surface area contributed by atoms with E-state index >= 15 is 0 Å². The molecular formula is C12H16F3N3O2. The molecule has 1 saturated heterocycles. The number of aliphatic hydroxyl groups is 1. The number of hydrogen-bond acceptors (Lipinski definition) is 5. The predicted molar refractivity (Wildman–Crippen MR) is 65.4 cm³/mol. The van der Waals surface area contributed by atoms with E-state index in [1.54, 1.807) is 4.90 Å². The Morgan fingerprint density at radius 3 is 2.70 bits per heavy atom. The van der Waals surface area contributed by atoms with Crippen LogP contribution in [0, 0.1) is 6.92 Å². The van der Waals surface area contributed by atoms with Crippen molar-refractivity contribution in [2.75, 3.05) is 25.2 Å². The minimum absolute atomic E-state index is 0.0177. The van der Waals surface area contributed by atoms with Crippen molar-refractivity contribution in [2.45, 2.75) is 31.7 Å². The van der Waals surface area contributed by atoms with Gasteiger partial charge in [-0.05, 0) is 19.4 Å². The van der Waals surface area contributed by atoms with Crippen molar-refractivity contribution in [3.63, 3.8) is 0 Å². The van der Waals surface area contributed by atoms with Gasteiger partial charge in [-0.15, -0.1) is 0 Å². The summed E-state index contributed by atoms with van der Waals surface area (Å²) in [4.78, 5) is 9.19. The number of alkyl halides is 3. The molecule has 5 nitrogen and oxygen atoms in total. The second-order valence-electron chi connectivity index (χ2n) is 4.77. The topological polar surface area (TPSA) is 58.5 Å². The van der Waals surface area contributed by atoms with Gasteiger partial charge in [-0.2, -0.15) is 13.2 Å². The molecule has 1 fully saturated rings. The van der Waals surface area contributed by atoms with E-state index in [0.29, 0.717) is 13.0 Å². The Morgan fingerprint density at radius 2 is 2.15 bits per heavy atom. The Labute approximate surface area is 114 Å². The van der Waals surface area contributed by atoms with Crippen LogP contribution in [0.25, 0.3) is 0 Å². The van der Waals surface area contributed by atoms with Gasteiger partial charge in [0.15, 0.2) is 0 Å². The zero-order valence-electron chi connectivity index (χ0n) is 11.2. The van der Waals surface area contributed by atoms with Crippen LogP contribution in [0.2, 0.25) is 0 Å². The lowest BCUT2D eigenvalue weighted by Crippen LogP contribution is -2.34. The second kappa shape index (κ2) is 5.53. The predicted octanol–water partition coefficient (Wildman–Crippen LogP) is 1.39. The summed E-state index contributed by atoms with van der Waals surface area (Å²) >= 11 is 0. The molecule has 1 aromatic rings. The third kappa shape index (κ3) is 3.01. The number of ether oxygens (including phenoxy) is 1. The maximum absolute atomic E-state index is 12.8. The van der Waals surface area contributed by atoms with Gasteiger partial charge in [-0.3, -0.25) is 0 Å². The van der Waals surface area contributed by atoms with Crippen LogP contribution >= 0.6 is 0 Å². The fourth-order valence-corrected chi connectivity index (χ4v) is 2.29. The van der Waals surface area contributed by atoms with Crippen LogP contribution in [-0.2, 0) is 10.9 Å². The fourth-order valence-electron chi connectivity index (χ4n) is 2.29. The smallest absolute Gasteiger partial charge is 0.394 e. The van der Waals surface area contributed by atoms with Crippen molar-refractivity contribution in [3.05, 3.63) is 17.5 Å². The molecule has 2 atom stereocenters. The van der Waals surface area contributed by atoms with E-state index < -0.39 is 11.9 Å². The van der Waals surface area contributed by atoms with Crippen molar-refractivity contribution in [1.82, 2.24) is 9.97 Å². The Balaban J connectivity index is 2.34. The van der Waals surface area contributed by atoms with E-state index in [9.17, 15) is 18.3 Å². The lowest BCUT2D eigenvalue weighted by Gasteiger charge is -2.23. The molecule has 0 amide bonds. The van der Waals surface area contributed by atoms with Gasteiger partial charge in [0.2, 0.25) is 5.95 Å². The van der Waals surface area contributed by atoms with E-state index in [0.717, 1.165) is 6.07 Å². The average Bonchev–Trinajstić information content (AvgIpc) is 2.80. The normalized spacial score (nSPS) is 23.4. The largest absolute Gasteiger partial charge is 0.433 e. The number of methoxy groups -OCH3 is 1. The first-order valence-electron chi connectivity index (χ1n) is 6.18. The molecule has 2 heterocycles. The number of nitrogens with zero attached hydrogens (tertiary/aromatic N) is 3. The first-order chi connectivity index (χ1) is 9.35. The van der Waals surface area contributed by atoms with E-state index in [4.69, 9.17) is 4.74 Å². The molecule has 1 N–H and O–H groups in total. The summed E-state index contributed by atoms with van der Waals surface area (Å²) in [5, 5.41) is 9.33. The Hall–Kier alpha value is -1.41. The van der Waals surface area contributed by atoms with E-state index in [1.165, 1.54) is 14.0 Å². The first kappa shape index (κ1) is 15.0. The van der Waals surface area contributed by atoms with Crippen LogP contribution in [0.15, 0.2) is 6.07 Å². The van der Waals surface area contributed by atoms with Crippen LogP contribution in [0.1, 0.15) is 17.8 Å². The van der Waals surface area contributed by atoms with Gasteiger partial charge >= 0.3 is 6.18 Å². The highest BCUT2D eigenvalue weighted by atomic mass is 19.4. The van der Waals surface area contributed by atoms with Crippen molar-refractivity contribution < 1.29 is 23.0 Å². The van der Waals surface area contributed by atoms with Crippen LogP contribution < -0.4 is 4.90 Å². The van der Waals surface area contributed by atoms with Crippen LogP contribution in [0.3, 0.4) is 0 Å². The van der Waals surface area contributed by atoms with Crippen molar-refractivity contribution in [2.24, 2.45) is 0 Å². The molecule has 1 aromatic heterocycles. The molecule has 0 radical (unpaired) electrons. The number of rotatable bonds is 3. The lowest BCUT2D eigenvalue weighted by molar-refractivity contribution is -0.141. The SMILES string of the molecule is CO[C@@H]1C[C@@H](CO)N(c2nc(C)cc(C(F)(F)F)n2)C1. The summed E-state index contributed by atoms with van der Waals surface area (Å²) in [7, 11) is 1.53. The maximum Gasteiger partial charge on any atom is 0.433 e. The Kier molecular flexibility index (Phi) is 4.14. The summed E-state index contributed by atoms with van der Waals surface area (Å²) in [6, 6.07) is 0.573. The fraction of sp³-hybridized carbons (Fsp3) is 0.667. The van der Waals surface area contributed by atoms with Gasteiger partial charge in [-0.25, -0.2) is 9.97 Å². The van der Waals surface area contributed by atoms with E-state index in [2.05, 4.69) is 9.97 Å². The molecule has 1 aliphatic rings. The molecule has 0 aliphatic carbocycles. The molecule has 20 heavy (non-hydrogen) atoms. The summed E-state index contributed by atoms with van der Waals surface area (Å²) in [6.07, 6.45) is -4.13. The summed E-state index contributed by atoms with van der Waals surface area (Å²) in [5.41, 5.74) is -0.738. The number of halogens is 3. The molecule has 0 unspecified atom stereocenters. The van der Waals surface area contributed by atoms with Crippen LogP contribution in [0.4, 0.5) is 19.1 Å². The quantitative estimate of drug-likeness (QED) is 0.912. The number of hydrogen-bond donors (Lipinski definition) is 1.